The van der Waals surface area contributed by atoms with Crippen LogP contribution in [0.3, 0.4) is 0 Å². The second-order valence-electron chi connectivity index (χ2n) is 4.11. The summed E-state index contributed by atoms with van der Waals surface area (Å²) in [7, 11) is 2.31. The predicted octanol–water partition coefficient (Wildman–Crippen LogP) is 2.47. The fourth-order valence-corrected chi connectivity index (χ4v) is 1.78. The molecule has 0 aromatic carbocycles. The van der Waals surface area contributed by atoms with Crippen molar-refractivity contribution in [3.8, 4) is 0 Å². The van der Waals surface area contributed by atoms with Crippen molar-refractivity contribution in [3.63, 3.8) is 0 Å². The Bertz CT molecular complexity index is 165. The van der Waals surface area contributed by atoms with Crippen molar-refractivity contribution in [1.82, 2.24) is 0 Å². The molecule has 0 bridgehead atoms. The van der Waals surface area contributed by atoms with Gasteiger partial charge in [0.2, 0.25) is 0 Å². The summed E-state index contributed by atoms with van der Waals surface area (Å²) in [5.74, 6) is 0.302. The van der Waals surface area contributed by atoms with Gasteiger partial charge in [0.15, 0.2) is 0 Å². The number of carbonyl (C=O) groups is 1. The van der Waals surface area contributed by atoms with E-state index in [9.17, 15) is 4.79 Å². The summed E-state index contributed by atoms with van der Waals surface area (Å²) in [5, 5.41) is 0. The number of ketones is 1. The maximum absolute atomic E-state index is 10.7. The molecule has 1 rings (SSSR count). The third-order valence-corrected chi connectivity index (χ3v) is 2.65. The summed E-state index contributed by atoms with van der Waals surface area (Å²) in [6.07, 6.45) is 8.02. The molecule has 1 saturated heterocycles. The van der Waals surface area contributed by atoms with Crippen molar-refractivity contribution in [3.05, 3.63) is 0 Å². The quantitative estimate of drug-likeness (QED) is 0.460. The maximum atomic E-state index is 10.7. The van der Waals surface area contributed by atoms with Crippen LogP contribution in [-0.4, -0.2) is 25.8 Å². The minimum absolute atomic E-state index is 0.302. The van der Waals surface area contributed by atoms with Crippen molar-refractivity contribution in [1.29, 1.82) is 0 Å². The molecule has 0 N–H and O–H groups in total. The molecule has 3 heteroatoms. The topological polar surface area (TPSA) is 26.3 Å². The molecule has 1 unspecified atom stereocenters. The molecule has 14 heavy (non-hydrogen) atoms. The van der Waals surface area contributed by atoms with Crippen LogP contribution in [0, 0.1) is 0 Å². The van der Waals surface area contributed by atoms with Crippen LogP contribution in [0.15, 0.2) is 0 Å². The molecule has 1 aliphatic rings. The molecule has 1 fully saturated rings. The van der Waals surface area contributed by atoms with E-state index in [1.807, 2.05) is 0 Å². The van der Waals surface area contributed by atoms with Gasteiger partial charge in [-0.05, 0) is 26.2 Å². The van der Waals surface area contributed by atoms with Crippen LogP contribution in [0.1, 0.15) is 39.0 Å². The molecule has 1 heterocycles. The smallest absolute Gasteiger partial charge is 0.129 e. The number of hydrogen-bond acceptors (Lipinski definition) is 2. The average Bonchev–Trinajstić information content (AvgIpc) is 2.63. The number of unbranched alkanes of at least 4 members (excludes halogenated alkanes) is 2. The highest BCUT2D eigenvalue weighted by Gasteiger charge is 2.15. The third-order valence-electron chi connectivity index (χ3n) is 2.65. The average molecular weight is 195 g/mol. The van der Waals surface area contributed by atoms with Gasteiger partial charge in [-0.15, -0.1) is 0 Å². The zero-order valence-electron chi connectivity index (χ0n) is 9.13. The van der Waals surface area contributed by atoms with E-state index < -0.39 is 0 Å². The van der Waals surface area contributed by atoms with Crippen molar-refractivity contribution in [2.24, 2.45) is 0 Å². The van der Waals surface area contributed by atoms with Gasteiger partial charge in [-0.2, -0.15) is 0 Å². The van der Waals surface area contributed by atoms with Gasteiger partial charge in [-0.1, -0.05) is 19.1 Å². The van der Waals surface area contributed by atoms with E-state index in [4.69, 9.17) is 4.74 Å². The van der Waals surface area contributed by atoms with Crippen LogP contribution >= 0.6 is 0 Å². The number of carbonyl (C=O) groups excluding carboxylic acids is 1. The highest BCUT2D eigenvalue weighted by atomic mass is 16.5. The first kappa shape index (κ1) is 11.8. The van der Waals surface area contributed by atoms with Crippen LogP contribution in [0.25, 0.3) is 0 Å². The van der Waals surface area contributed by atoms with Crippen molar-refractivity contribution < 1.29 is 9.53 Å². The van der Waals surface area contributed by atoms with E-state index in [0.717, 1.165) is 38.6 Å². The molecule has 1 radical (unpaired) electrons. The third kappa shape index (κ3) is 5.43. The molecule has 2 nitrogen and oxygen atoms in total. The minimum Gasteiger partial charge on any atom is -0.379 e. The molecule has 0 saturated carbocycles. The van der Waals surface area contributed by atoms with Gasteiger partial charge in [0, 0.05) is 19.1 Å². The molecule has 1 atom stereocenters. The Morgan fingerprint density at radius 1 is 1.43 bits per heavy atom. The van der Waals surface area contributed by atoms with E-state index >= 15 is 0 Å². The number of ether oxygens (including phenoxy) is 1. The van der Waals surface area contributed by atoms with Gasteiger partial charge in [-0.3, -0.25) is 0 Å². The Balaban J connectivity index is 1.82. The van der Waals surface area contributed by atoms with E-state index in [-0.39, 0.29) is 0 Å². The molecular weight excluding hydrogens is 175 g/mol. The molecule has 79 valence electrons. The van der Waals surface area contributed by atoms with E-state index in [2.05, 4.69) is 7.28 Å². The summed E-state index contributed by atoms with van der Waals surface area (Å²) >= 11 is 0. The molecular formula is C11H20BO2. The minimum atomic E-state index is 0.302. The fourth-order valence-electron chi connectivity index (χ4n) is 1.78. The Labute approximate surface area is 87.6 Å². The molecule has 0 spiro atoms. The van der Waals surface area contributed by atoms with Crippen LogP contribution in [0.2, 0.25) is 12.6 Å². The van der Waals surface area contributed by atoms with Gasteiger partial charge in [0.1, 0.15) is 13.1 Å². The highest BCUT2D eigenvalue weighted by Crippen LogP contribution is 2.17. The van der Waals surface area contributed by atoms with Crippen LogP contribution in [0.4, 0.5) is 0 Å². The maximum Gasteiger partial charge on any atom is 0.129 e. The van der Waals surface area contributed by atoms with Gasteiger partial charge in [0.25, 0.3) is 0 Å². The first-order valence-corrected chi connectivity index (χ1v) is 5.72. The number of hydrogen-bond donors (Lipinski definition) is 0. The lowest BCUT2D eigenvalue weighted by Crippen LogP contribution is -2.08. The van der Waals surface area contributed by atoms with E-state index in [1.165, 1.54) is 12.7 Å². The predicted molar refractivity (Wildman–Crippen MR) is 58.9 cm³/mol. The lowest BCUT2D eigenvalue weighted by molar-refractivity contribution is -0.117. The number of Topliss-reactive ketones (excluding diaryl/α,β-unsaturated/α-hetero) is 1. The zero-order chi connectivity index (χ0) is 10.2. The lowest BCUT2D eigenvalue weighted by atomic mass is 9.77. The molecule has 0 aliphatic carbocycles. The van der Waals surface area contributed by atoms with Crippen molar-refractivity contribution in [2.75, 3.05) is 6.61 Å². The number of rotatable bonds is 7. The van der Waals surface area contributed by atoms with E-state index in [1.54, 1.807) is 6.92 Å². The zero-order valence-corrected chi connectivity index (χ0v) is 9.13. The van der Waals surface area contributed by atoms with Gasteiger partial charge in [0.05, 0.1) is 0 Å². The molecule has 0 aromatic rings. The summed E-state index contributed by atoms with van der Waals surface area (Å²) in [5.41, 5.74) is 0. The van der Waals surface area contributed by atoms with Gasteiger partial charge >= 0.3 is 0 Å². The normalized spacial score (nSPS) is 20.8. The Morgan fingerprint density at radius 3 is 2.93 bits per heavy atom. The first-order valence-electron chi connectivity index (χ1n) is 5.72. The van der Waals surface area contributed by atoms with Crippen LogP contribution in [-0.2, 0) is 9.53 Å². The molecule has 0 aromatic heterocycles. The second kappa shape index (κ2) is 7.05. The first-order chi connectivity index (χ1) is 6.79. The van der Waals surface area contributed by atoms with E-state index in [0.29, 0.717) is 11.9 Å². The van der Waals surface area contributed by atoms with Gasteiger partial charge in [-0.25, -0.2) is 0 Å². The summed E-state index contributed by atoms with van der Waals surface area (Å²) in [6.45, 7) is 2.53. The lowest BCUT2D eigenvalue weighted by Gasteiger charge is -2.10. The second-order valence-corrected chi connectivity index (χ2v) is 4.11. The van der Waals surface area contributed by atoms with Crippen LogP contribution in [0.5, 0.6) is 0 Å². The Hall–Kier alpha value is -0.305. The Kier molecular flexibility index (Phi) is 5.92. The highest BCUT2D eigenvalue weighted by molar-refractivity contribution is 6.36. The van der Waals surface area contributed by atoms with Crippen molar-refractivity contribution in [2.45, 2.75) is 57.8 Å². The standard InChI is InChI=1S/C11H20BO2/c1-10(13)5-3-2-4-8-14-11-6-7-12-9-11/h11H,2-9H2,1H3. The van der Waals surface area contributed by atoms with Crippen LogP contribution < -0.4 is 0 Å². The molecule has 1 aliphatic heterocycles. The fraction of sp³-hybridized carbons (Fsp3) is 0.909. The molecule has 0 amide bonds. The Morgan fingerprint density at radius 2 is 2.29 bits per heavy atom. The van der Waals surface area contributed by atoms with Gasteiger partial charge < -0.3 is 9.53 Å². The van der Waals surface area contributed by atoms with Crippen molar-refractivity contribution >= 4 is 13.1 Å². The summed E-state index contributed by atoms with van der Waals surface area (Å²) in [6, 6.07) is 0. The summed E-state index contributed by atoms with van der Waals surface area (Å²) in [4.78, 5) is 10.7. The SMILES string of the molecule is CC(=O)CCCCCOC1C[B]CC1. The monoisotopic (exact) mass is 195 g/mol. The largest absolute Gasteiger partial charge is 0.379 e. The summed E-state index contributed by atoms with van der Waals surface area (Å²) < 4.78 is 5.69.